The van der Waals surface area contributed by atoms with E-state index >= 15 is 0 Å². The van der Waals surface area contributed by atoms with Crippen molar-refractivity contribution in [3.8, 4) is 11.5 Å². The zero-order valence-electron chi connectivity index (χ0n) is 22.4. The Morgan fingerprint density at radius 2 is 1.97 bits per heavy atom. The number of ether oxygens (including phenoxy) is 2. The summed E-state index contributed by atoms with van der Waals surface area (Å²) in [5.41, 5.74) is 2.90. The second-order valence-corrected chi connectivity index (χ2v) is 12.6. The Bertz CT molecular complexity index is 1230. The van der Waals surface area contributed by atoms with Crippen LogP contribution < -0.4 is 15.4 Å². The van der Waals surface area contributed by atoms with E-state index in [9.17, 15) is 9.90 Å². The van der Waals surface area contributed by atoms with Crippen LogP contribution >= 0.6 is 0 Å². The molecule has 4 saturated carbocycles. The van der Waals surface area contributed by atoms with E-state index in [1.54, 1.807) is 13.2 Å². The summed E-state index contributed by atoms with van der Waals surface area (Å²) in [5.74, 6) is 1.80. The van der Waals surface area contributed by atoms with Gasteiger partial charge in [-0.3, -0.25) is 4.79 Å². The Kier molecular flexibility index (Phi) is 5.79. The first kappa shape index (κ1) is 24.5. The van der Waals surface area contributed by atoms with E-state index in [2.05, 4.69) is 28.8 Å². The normalized spacial score (nSPS) is 34.0. The Balaban J connectivity index is 1.21. The van der Waals surface area contributed by atoms with Gasteiger partial charge in [-0.15, -0.1) is 0 Å². The average molecular weight is 517 g/mol. The fourth-order valence-electron chi connectivity index (χ4n) is 8.78. The number of aryl methyl sites for hydroxylation is 2. The van der Waals surface area contributed by atoms with Gasteiger partial charge in [0.05, 0.1) is 6.04 Å². The van der Waals surface area contributed by atoms with E-state index in [1.165, 1.54) is 29.5 Å². The van der Waals surface area contributed by atoms with Gasteiger partial charge in [-0.2, -0.15) is 0 Å². The molecule has 2 aromatic carbocycles. The second kappa shape index (κ2) is 8.99. The van der Waals surface area contributed by atoms with Crippen molar-refractivity contribution in [2.75, 3.05) is 20.2 Å². The summed E-state index contributed by atoms with van der Waals surface area (Å²) < 4.78 is 13.3. The molecule has 1 aliphatic heterocycles. The maximum Gasteiger partial charge on any atom is 0.220 e. The van der Waals surface area contributed by atoms with Gasteiger partial charge in [0.1, 0.15) is 11.7 Å². The summed E-state index contributed by atoms with van der Waals surface area (Å²) in [6.45, 7) is 2.02. The van der Waals surface area contributed by atoms with Crippen molar-refractivity contribution < 1.29 is 19.4 Å². The van der Waals surface area contributed by atoms with Crippen LogP contribution in [0.25, 0.3) is 0 Å². The number of nitrogens with one attached hydrogen (secondary N) is 2. The topological polar surface area (TPSA) is 79.8 Å². The number of benzene rings is 2. The molecule has 6 nitrogen and oxygen atoms in total. The summed E-state index contributed by atoms with van der Waals surface area (Å²) in [5, 5.41) is 18.1. The molecule has 6 heteroatoms. The van der Waals surface area contributed by atoms with Gasteiger partial charge in [0, 0.05) is 24.5 Å². The number of hydrogen-bond donors (Lipinski definition) is 3. The van der Waals surface area contributed by atoms with Crippen molar-refractivity contribution in [3.05, 3.63) is 59.2 Å². The lowest BCUT2D eigenvalue weighted by atomic mass is 9.38. The minimum atomic E-state index is -0.624. The summed E-state index contributed by atoms with van der Waals surface area (Å²) in [6.07, 6.45) is 9.50. The Labute approximate surface area is 225 Å². The number of carbonyl (C=O) groups excluding carboxylic acids is 1. The summed E-state index contributed by atoms with van der Waals surface area (Å²) >= 11 is 0. The predicted molar refractivity (Wildman–Crippen MR) is 145 cm³/mol. The molecule has 0 unspecified atom stereocenters. The van der Waals surface area contributed by atoms with Crippen LogP contribution in [0.5, 0.6) is 11.5 Å². The molecule has 0 aromatic heterocycles. The number of phenolic OH excluding ortho intramolecular Hbond substituents is 1. The van der Waals surface area contributed by atoms with Crippen molar-refractivity contribution in [1.82, 2.24) is 10.6 Å². The fourth-order valence-corrected chi connectivity index (χ4v) is 8.78. The quantitative estimate of drug-likeness (QED) is 0.408. The number of fused-ring (bicyclic) bond motifs is 2. The van der Waals surface area contributed by atoms with E-state index < -0.39 is 5.60 Å². The molecule has 0 saturated heterocycles. The standard InChI is InChI=1S/C32H40N2O4/c1-37-32-16-15-30(19-25(32)34-26(36)12-9-21-5-3-2-4-6-21)14-13-23-10-11-24(35)28-27(23)31(30,29(32)38-28)17-18-33-20-22-7-8-22/h2-6,10-11,22,25,29,33,35H,7-9,12-20H2,1H3,(H,34,36)/t25-,29+,30+,31-,32+/m0/s1. The molecular formula is C32H40N2O4. The molecule has 0 radical (unpaired) electrons. The first-order valence-corrected chi connectivity index (χ1v) is 14.6. The lowest BCUT2D eigenvalue weighted by Crippen LogP contribution is -2.79. The number of carbonyl (C=O) groups is 1. The van der Waals surface area contributed by atoms with E-state index in [-0.39, 0.29) is 34.6 Å². The highest BCUT2D eigenvalue weighted by molar-refractivity contribution is 5.77. The molecule has 8 rings (SSSR count). The Morgan fingerprint density at radius 3 is 2.76 bits per heavy atom. The molecule has 3 N–H and O–H groups in total. The van der Waals surface area contributed by atoms with Crippen molar-refractivity contribution in [1.29, 1.82) is 0 Å². The molecule has 2 aromatic rings. The zero-order valence-corrected chi connectivity index (χ0v) is 22.4. The van der Waals surface area contributed by atoms with E-state index in [4.69, 9.17) is 9.47 Å². The Hall–Kier alpha value is -2.57. The van der Waals surface area contributed by atoms with Gasteiger partial charge < -0.3 is 25.2 Å². The molecule has 5 aliphatic carbocycles. The SMILES string of the molecule is CO[C@@]12CC[C@]3(CCc4ccc(O)c5c4[C@@]3(CCNCC3CC3)[C@H]1O5)C[C@@H]2NC(=O)CCc1ccccc1. The van der Waals surface area contributed by atoms with Crippen LogP contribution in [0.15, 0.2) is 42.5 Å². The van der Waals surface area contributed by atoms with Crippen molar-refractivity contribution in [3.63, 3.8) is 0 Å². The number of aromatic hydroxyl groups is 1. The van der Waals surface area contributed by atoms with Crippen LogP contribution in [-0.4, -0.2) is 49.0 Å². The minimum Gasteiger partial charge on any atom is -0.504 e. The molecule has 4 fully saturated rings. The summed E-state index contributed by atoms with van der Waals surface area (Å²) in [6, 6.07) is 14.0. The molecular weight excluding hydrogens is 476 g/mol. The van der Waals surface area contributed by atoms with Crippen LogP contribution in [-0.2, 0) is 27.8 Å². The molecule has 5 atom stereocenters. The van der Waals surface area contributed by atoms with Crippen LogP contribution in [0.4, 0.5) is 0 Å². The Morgan fingerprint density at radius 1 is 1.13 bits per heavy atom. The number of amides is 1. The smallest absolute Gasteiger partial charge is 0.220 e. The first-order valence-electron chi connectivity index (χ1n) is 14.6. The van der Waals surface area contributed by atoms with Gasteiger partial charge in [-0.05, 0) is 99.4 Å². The number of hydrogen-bond acceptors (Lipinski definition) is 5. The minimum absolute atomic E-state index is 0.0165. The highest BCUT2D eigenvalue weighted by Crippen LogP contribution is 2.73. The van der Waals surface area contributed by atoms with E-state index in [0.717, 1.165) is 64.0 Å². The van der Waals surface area contributed by atoms with Crippen molar-refractivity contribution in [2.45, 2.75) is 87.4 Å². The largest absolute Gasteiger partial charge is 0.504 e. The molecule has 6 aliphatic rings. The molecule has 1 amide bonds. The van der Waals surface area contributed by atoms with Gasteiger partial charge in [0.25, 0.3) is 0 Å². The maximum absolute atomic E-state index is 13.3. The second-order valence-electron chi connectivity index (χ2n) is 12.6. The van der Waals surface area contributed by atoms with Gasteiger partial charge in [-0.1, -0.05) is 36.4 Å². The first-order chi connectivity index (χ1) is 18.5. The van der Waals surface area contributed by atoms with Crippen LogP contribution in [0, 0.1) is 11.3 Å². The fraction of sp³-hybridized carbons (Fsp3) is 0.594. The summed E-state index contributed by atoms with van der Waals surface area (Å²) in [4.78, 5) is 13.3. The average Bonchev–Trinajstić information content (AvgIpc) is 3.69. The third kappa shape index (κ3) is 3.49. The molecule has 1 heterocycles. The van der Waals surface area contributed by atoms with Gasteiger partial charge in [0.2, 0.25) is 5.91 Å². The highest BCUT2D eigenvalue weighted by atomic mass is 16.6. The van der Waals surface area contributed by atoms with Crippen LogP contribution in [0.2, 0.25) is 0 Å². The molecule has 2 bridgehead atoms. The number of rotatable bonds is 10. The lowest BCUT2D eigenvalue weighted by Gasteiger charge is -2.69. The number of phenols is 1. The number of methoxy groups -OCH3 is 1. The van der Waals surface area contributed by atoms with Gasteiger partial charge >= 0.3 is 0 Å². The van der Waals surface area contributed by atoms with Crippen LogP contribution in [0.3, 0.4) is 0 Å². The third-order valence-electron chi connectivity index (χ3n) is 10.8. The zero-order chi connectivity index (χ0) is 26.0. The van der Waals surface area contributed by atoms with Crippen LogP contribution in [0.1, 0.15) is 68.1 Å². The van der Waals surface area contributed by atoms with Crippen molar-refractivity contribution >= 4 is 5.91 Å². The van der Waals surface area contributed by atoms with Crippen molar-refractivity contribution in [2.24, 2.45) is 11.3 Å². The molecule has 202 valence electrons. The molecule has 38 heavy (non-hydrogen) atoms. The molecule has 1 spiro atoms. The maximum atomic E-state index is 13.3. The van der Waals surface area contributed by atoms with E-state index in [1.807, 2.05) is 18.2 Å². The monoisotopic (exact) mass is 516 g/mol. The predicted octanol–water partition coefficient (Wildman–Crippen LogP) is 4.41. The van der Waals surface area contributed by atoms with Gasteiger partial charge in [-0.25, -0.2) is 0 Å². The van der Waals surface area contributed by atoms with Gasteiger partial charge in [0.15, 0.2) is 11.5 Å². The highest BCUT2D eigenvalue weighted by Gasteiger charge is 2.77. The van der Waals surface area contributed by atoms with E-state index in [0.29, 0.717) is 12.2 Å². The summed E-state index contributed by atoms with van der Waals surface area (Å²) in [7, 11) is 1.79. The lowest BCUT2D eigenvalue weighted by molar-refractivity contribution is -0.236. The third-order valence-corrected chi connectivity index (χ3v) is 10.8.